The molecule has 2 aromatic heterocycles. The van der Waals surface area contributed by atoms with Crippen LogP contribution in [0, 0.1) is 0 Å². The Kier molecular flexibility index (Phi) is 4.78. The van der Waals surface area contributed by atoms with Crippen molar-refractivity contribution in [2.45, 2.75) is 38.5 Å². The fourth-order valence-corrected chi connectivity index (χ4v) is 2.88. The summed E-state index contributed by atoms with van der Waals surface area (Å²) in [4.78, 5) is 33.6. The van der Waals surface area contributed by atoms with E-state index in [0.717, 1.165) is 12.8 Å². The van der Waals surface area contributed by atoms with Gasteiger partial charge in [0.25, 0.3) is 5.91 Å². The zero-order valence-electron chi connectivity index (χ0n) is 14.2. The van der Waals surface area contributed by atoms with Gasteiger partial charge >= 0.3 is 5.97 Å². The van der Waals surface area contributed by atoms with Crippen LogP contribution in [0.4, 0.5) is 0 Å². The Balaban J connectivity index is 1.75. The van der Waals surface area contributed by atoms with E-state index < -0.39 is 5.97 Å². The first kappa shape index (κ1) is 17.1. The number of aromatic nitrogens is 3. The molecule has 0 aromatic carbocycles. The highest BCUT2D eigenvalue weighted by Crippen LogP contribution is 2.27. The molecule has 0 bridgehead atoms. The largest absolute Gasteiger partial charge is 0.477 e. The zero-order valence-corrected chi connectivity index (χ0v) is 14.2. The summed E-state index contributed by atoms with van der Waals surface area (Å²) in [6, 6.07) is 2.84. The van der Waals surface area contributed by atoms with E-state index >= 15 is 0 Å². The Labute approximate surface area is 144 Å². The molecule has 1 atom stereocenters. The Morgan fingerprint density at radius 1 is 1.40 bits per heavy atom. The molecule has 25 heavy (non-hydrogen) atoms. The van der Waals surface area contributed by atoms with E-state index in [2.05, 4.69) is 15.1 Å². The maximum Gasteiger partial charge on any atom is 0.354 e. The molecule has 8 heteroatoms. The van der Waals surface area contributed by atoms with Gasteiger partial charge in [-0.25, -0.2) is 9.78 Å². The van der Waals surface area contributed by atoms with E-state index in [9.17, 15) is 9.59 Å². The molecule has 0 spiro atoms. The summed E-state index contributed by atoms with van der Waals surface area (Å²) in [5.74, 6) is 0.0470. The van der Waals surface area contributed by atoms with Crippen LogP contribution in [-0.4, -0.2) is 50.1 Å². The molecule has 132 valence electrons. The van der Waals surface area contributed by atoms with Crippen molar-refractivity contribution >= 4 is 11.9 Å². The van der Waals surface area contributed by atoms with Crippen LogP contribution < -0.4 is 0 Å². The average molecular weight is 344 g/mol. The van der Waals surface area contributed by atoms with Crippen LogP contribution in [0.3, 0.4) is 0 Å². The SMILES string of the molecule is CC(C)c1nc(C2CCCN(C(=O)c3ccnc(C(=O)O)c3)C2)no1. The molecule has 0 radical (unpaired) electrons. The standard InChI is InChI=1S/C17H20N4O4/c1-10(2)15-19-14(20-25-15)12-4-3-7-21(9-12)16(22)11-5-6-18-13(8-11)17(23)24/h5-6,8,10,12H,3-4,7,9H2,1-2H3,(H,23,24). The summed E-state index contributed by atoms with van der Waals surface area (Å²) in [5.41, 5.74) is 0.184. The molecular weight excluding hydrogens is 324 g/mol. The number of hydrogen-bond donors (Lipinski definition) is 1. The lowest BCUT2D eigenvalue weighted by Crippen LogP contribution is -2.39. The highest BCUT2D eigenvalue weighted by atomic mass is 16.5. The van der Waals surface area contributed by atoms with E-state index in [1.165, 1.54) is 18.3 Å². The second kappa shape index (κ2) is 7.00. The zero-order chi connectivity index (χ0) is 18.0. The summed E-state index contributed by atoms with van der Waals surface area (Å²) in [5, 5.41) is 13.1. The van der Waals surface area contributed by atoms with Gasteiger partial charge in [0.15, 0.2) is 5.82 Å². The van der Waals surface area contributed by atoms with Crippen LogP contribution in [0.1, 0.15) is 71.1 Å². The normalized spacial score (nSPS) is 17.7. The molecule has 3 heterocycles. The van der Waals surface area contributed by atoms with Crippen molar-refractivity contribution in [3.63, 3.8) is 0 Å². The van der Waals surface area contributed by atoms with Crippen LogP contribution >= 0.6 is 0 Å². The molecular formula is C17H20N4O4. The molecule has 2 aromatic rings. The fraction of sp³-hybridized carbons (Fsp3) is 0.471. The van der Waals surface area contributed by atoms with Gasteiger partial charge in [-0.3, -0.25) is 4.79 Å². The second-order valence-corrected chi connectivity index (χ2v) is 6.47. The highest BCUT2D eigenvalue weighted by Gasteiger charge is 2.29. The Morgan fingerprint density at radius 2 is 2.20 bits per heavy atom. The first-order valence-corrected chi connectivity index (χ1v) is 8.28. The van der Waals surface area contributed by atoms with Gasteiger partial charge in [0.05, 0.1) is 0 Å². The molecule has 1 aliphatic rings. The third-order valence-electron chi connectivity index (χ3n) is 4.25. The van der Waals surface area contributed by atoms with E-state index in [4.69, 9.17) is 9.63 Å². The molecule has 1 N–H and O–H groups in total. The first-order valence-electron chi connectivity index (χ1n) is 8.28. The van der Waals surface area contributed by atoms with E-state index in [-0.39, 0.29) is 23.4 Å². The number of carbonyl (C=O) groups is 2. The number of carbonyl (C=O) groups excluding carboxylic acids is 1. The number of aromatic carboxylic acids is 1. The monoisotopic (exact) mass is 344 g/mol. The number of nitrogens with zero attached hydrogens (tertiary/aromatic N) is 4. The van der Waals surface area contributed by atoms with Gasteiger partial charge < -0.3 is 14.5 Å². The minimum Gasteiger partial charge on any atom is -0.477 e. The second-order valence-electron chi connectivity index (χ2n) is 6.47. The lowest BCUT2D eigenvalue weighted by atomic mass is 9.96. The quantitative estimate of drug-likeness (QED) is 0.906. The van der Waals surface area contributed by atoms with Gasteiger partial charge in [-0.15, -0.1) is 0 Å². The predicted octanol–water partition coefficient (Wildman–Crippen LogP) is 2.31. The molecule has 1 unspecified atom stereocenters. The highest BCUT2D eigenvalue weighted by molar-refractivity contribution is 5.96. The number of piperidine rings is 1. The summed E-state index contributed by atoms with van der Waals surface area (Å²) in [6.07, 6.45) is 3.06. The number of pyridine rings is 1. The molecule has 0 aliphatic carbocycles. The van der Waals surface area contributed by atoms with Gasteiger partial charge in [0.2, 0.25) is 5.89 Å². The van der Waals surface area contributed by atoms with Crippen molar-refractivity contribution in [1.29, 1.82) is 0 Å². The average Bonchev–Trinajstić information content (AvgIpc) is 3.12. The van der Waals surface area contributed by atoms with E-state index in [1.807, 2.05) is 13.8 Å². The van der Waals surface area contributed by atoms with E-state index in [1.54, 1.807) is 4.90 Å². The van der Waals surface area contributed by atoms with Gasteiger partial charge in [-0.2, -0.15) is 4.98 Å². The summed E-state index contributed by atoms with van der Waals surface area (Å²) in [6.45, 7) is 5.07. The van der Waals surface area contributed by atoms with Gasteiger partial charge in [-0.1, -0.05) is 19.0 Å². The van der Waals surface area contributed by atoms with Crippen LogP contribution in [0.15, 0.2) is 22.9 Å². The maximum absolute atomic E-state index is 12.7. The van der Waals surface area contributed by atoms with Crippen LogP contribution in [0.25, 0.3) is 0 Å². The van der Waals surface area contributed by atoms with Gasteiger partial charge in [-0.05, 0) is 25.0 Å². The summed E-state index contributed by atoms with van der Waals surface area (Å²) >= 11 is 0. The van der Waals surface area contributed by atoms with Crippen molar-refractivity contribution in [1.82, 2.24) is 20.0 Å². The van der Waals surface area contributed by atoms with Crippen molar-refractivity contribution in [2.24, 2.45) is 0 Å². The number of rotatable bonds is 4. The van der Waals surface area contributed by atoms with E-state index in [0.29, 0.717) is 30.4 Å². The number of hydrogen-bond acceptors (Lipinski definition) is 6. The van der Waals surface area contributed by atoms with Crippen LogP contribution in [0.5, 0.6) is 0 Å². The Bertz CT molecular complexity index is 786. The number of carboxylic acids is 1. The van der Waals surface area contributed by atoms with Crippen LogP contribution in [-0.2, 0) is 0 Å². The molecule has 1 fully saturated rings. The minimum absolute atomic E-state index is 0.0229. The number of carboxylic acid groups (broad SMARTS) is 1. The maximum atomic E-state index is 12.7. The molecule has 1 saturated heterocycles. The lowest BCUT2D eigenvalue weighted by molar-refractivity contribution is 0.0690. The third kappa shape index (κ3) is 3.67. The molecule has 0 saturated carbocycles. The van der Waals surface area contributed by atoms with Gasteiger partial charge in [0.1, 0.15) is 5.69 Å². The molecule has 8 nitrogen and oxygen atoms in total. The summed E-state index contributed by atoms with van der Waals surface area (Å²) in [7, 11) is 0. The molecule has 1 amide bonds. The van der Waals surface area contributed by atoms with Crippen molar-refractivity contribution < 1.29 is 19.2 Å². The first-order chi connectivity index (χ1) is 12.0. The van der Waals surface area contributed by atoms with Gasteiger partial charge in [0, 0.05) is 36.7 Å². The van der Waals surface area contributed by atoms with Crippen molar-refractivity contribution in [3.8, 4) is 0 Å². The Hall–Kier alpha value is -2.77. The third-order valence-corrected chi connectivity index (χ3v) is 4.25. The Morgan fingerprint density at radius 3 is 2.88 bits per heavy atom. The lowest BCUT2D eigenvalue weighted by Gasteiger charge is -2.31. The fourth-order valence-electron chi connectivity index (χ4n) is 2.88. The van der Waals surface area contributed by atoms with Crippen molar-refractivity contribution in [3.05, 3.63) is 41.3 Å². The van der Waals surface area contributed by atoms with Crippen LogP contribution in [0.2, 0.25) is 0 Å². The minimum atomic E-state index is -1.15. The predicted molar refractivity (Wildman–Crippen MR) is 87.5 cm³/mol. The molecule has 3 rings (SSSR count). The van der Waals surface area contributed by atoms with Crippen molar-refractivity contribution in [2.75, 3.05) is 13.1 Å². The number of amides is 1. The number of likely N-dealkylation sites (tertiary alicyclic amines) is 1. The summed E-state index contributed by atoms with van der Waals surface area (Å²) < 4.78 is 5.26. The topological polar surface area (TPSA) is 109 Å². The smallest absolute Gasteiger partial charge is 0.354 e. The molecule has 1 aliphatic heterocycles.